The highest BCUT2D eigenvalue weighted by atomic mass is 16.1. The molecule has 2 heteroatoms. The number of nitriles is 1. The van der Waals surface area contributed by atoms with Crippen LogP contribution < -0.4 is 0 Å². The van der Waals surface area contributed by atoms with Gasteiger partial charge in [0, 0.05) is 5.56 Å². The van der Waals surface area contributed by atoms with E-state index in [1.165, 1.54) is 0 Å². The first kappa shape index (κ1) is 8.04. The number of benzene rings is 1. The van der Waals surface area contributed by atoms with Crippen molar-refractivity contribution in [2.24, 2.45) is 0 Å². The van der Waals surface area contributed by atoms with Gasteiger partial charge in [-0.15, -0.1) is 6.42 Å². The first-order valence-corrected chi connectivity index (χ1v) is 3.29. The molecule has 0 aromatic heterocycles. The van der Waals surface area contributed by atoms with Crippen molar-refractivity contribution in [2.45, 2.75) is 0 Å². The SMILES string of the molecule is C#CC(=O)c1ccc(C#N)cc1. The molecule has 0 unspecified atom stereocenters. The maximum atomic E-state index is 10.9. The van der Waals surface area contributed by atoms with E-state index in [2.05, 4.69) is 0 Å². The van der Waals surface area contributed by atoms with Gasteiger partial charge in [-0.1, -0.05) is 0 Å². The molecule has 0 aliphatic heterocycles. The molecule has 1 aromatic carbocycles. The van der Waals surface area contributed by atoms with Crippen molar-refractivity contribution < 1.29 is 4.79 Å². The lowest BCUT2D eigenvalue weighted by Crippen LogP contribution is -1.93. The van der Waals surface area contributed by atoms with E-state index in [4.69, 9.17) is 11.7 Å². The van der Waals surface area contributed by atoms with Crippen LogP contribution in [-0.4, -0.2) is 5.78 Å². The summed E-state index contributed by atoms with van der Waals surface area (Å²) in [6.45, 7) is 0. The Morgan fingerprint density at radius 2 is 1.92 bits per heavy atom. The Bertz CT molecular complexity index is 376. The van der Waals surface area contributed by atoms with Crippen molar-refractivity contribution in [2.75, 3.05) is 0 Å². The summed E-state index contributed by atoms with van der Waals surface area (Å²) in [5.74, 6) is 1.64. The predicted molar refractivity (Wildman–Crippen MR) is 44.3 cm³/mol. The fourth-order valence-corrected chi connectivity index (χ4v) is 0.779. The lowest BCUT2D eigenvalue weighted by Gasteiger charge is -1.92. The fraction of sp³-hybridized carbons (Fsp3) is 0. The summed E-state index contributed by atoms with van der Waals surface area (Å²) in [4.78, 5) is 10.9. The van der Waals surface area contributed by atoms with Gasteiger partial charge >= 0.3 is 0 Å². The maximum absolute atomic E-state index is 10.9. The Kier molecular flexibility index (Phi) is 2.26. The zero-order chi connectivity index (χ0) is 8.97. The van der Waals surface area contributed by atoms with Crippen LogP contribution in [0.3, 0.4) is 0 Å². The minimum atomic E-state index is -0.362. The van der Waals surface area contributed by atoms with E-state index in [1.54, 1.807) is 24.3 Å². The van der Waals surface area contributed by atoms with E-state index in [0.717, 1.165) is 0 Å². The topological polar surface area (TPSA) is 40.9 Å². The maximum Gasteiger partial charge on any atom is 0.235 e. The summed E-state index contributed by atoms with van der Waals surface area (Å²) in [5, 5.41) is 8.45. The van der Waals surface area contributed by atoms with Gasteiger partial charge in [0.1, 0.15) is 0 Å². The normalized spacial score (nSPS) is 8.17. The van der Waals surface area contributed by atoms with Crippen LogP contribution in [0.5, 0.6) is 0 Å². The number of hydrogen-bond donors (Lipinski definition) is 0. The van der Waals surface area contributed by atoms with Gasteiger partial charge in [-0.2, -0.15) is 5.26 Å². The second kappa shape index (κ2) is 3.37. The molecule has 0 bridgehead atoms. The molecule has 0 radical (unpaired) electrons. The van der Waals surface area contributed by atoms with Crippen molar-refractivity contribution in [3.05, 3.63) is 35.4 Å². The Morgan fingerprint density at radius 3 is 2.33 bits per heavy atom. The highest BCUT2D eigenvalue weighted by Crippen LogP contribution is 2.03. The summed E-state index contributed by atoms with van der Waals surface area (Å²) in [7, 11) is 0. The molecule has 0 saturated carbocycles. The van der Waals surface area contributed by atoms with Gasteiger partial charge in [0.2, 0.25) is 5.78 Å². The van der Waals surface area contributed by atoms with Crippen molar-refractivity contribution >= 4 is 5.78 Å². The van der Waals surface area contributed by atoms with E-state index in [-0.39, 0.29) is 5.78 Å². The number of ketones is 1. The average molecular weight is 155 g/mol. The second-order valence-corrected chi connectivity index (χ2v) is 2.16. The van der Waals surface area contributed by atoms with Gasteiger partial charge in [-0.25, -0.2) is 0 Å². The van der Waals surface area contributed by atoms with E-state index in [1.807, 2.05) is 12.0 Å². The lowest BCUT2D eigenvalue weighted by molar-refractivity contribution is 0.105. The van der Waals surface area contributed by atoms with Crippen molar-refractivity contribution in [1.82, 2.24) is 0 Å². The lowest BCUT2D eigenvalue weighted by atomic mass is 10.1. The molecule has 1 aromatic rings. The highest BCUT2D eigenvalue weighted by Gasteiger charge is 1.99. The number of carbonyl (C=O) groups excluding carboxylic acids is 1. The van der Waals surface area contributed by atoms with Gasteiger partial charge < -0.3 is 0 Å². The molecule has 0 aliphatic rings. The largest absolute Gasteiger partial charge is 0.279 e. The van der Waals surface area contributed by atoms with E-state index < -0.39 is 0 Å². The molecule has 0 amide bonds. The molecule has 12 heavy (non-hydrogen) atoms. The molecule has 0 spiro atoms. The van der Waals surface area contributed by atoms with Crippen LogP contribution in [0.2, 0.25) is 0 Å². The summed E-state index contributed by atoms with van der Waals surface area (Å²) < 4.78 is 0. The van der Waals surface area contributed by atoms with Gasteiger partial charge in [-0.05, 0) is 30.2 Å². The number of rotatable bonds is 1. The van der Waals surface area contributed by atoms with Gasteiger partial charge in [-0.3, -0.25) is 4.79 Å². The summed E-state index contributed by atoms with van der Waals surface area (Å²) in [6, 6.07) is 8.15. The van der Waals surface area contributed by atoms with E-state index in [9.17, 15) is 4.79 Å². The zero-order valence-electron chi connectivity index (χ0n) is 6.24. The fourth-order valence-electron chi connectivity index (χ4n) is 0.779. The monoisotopic (exact) mass is 155 g/mol. The summed E-state index contributed by atoms with van der Waals surface area (Å²) in [6.07, 6.45) is 4.91. The molecule has 0 saturated heterocycles. The van der Waals surface area contributed by atoms with Crippen molar-refractivity contribution in [3.63, 3.8) is 0 Å². The number of carbonyl (C=O) groups is 1. The van der Waals surface area contributed by atoms with Crippen LogP contribution in [0.25, 0.3) is 0 Å². The minimum absolute atomic E-state index is 0.362. The van der Waals surface area contributed by atoms with Gasteiger partial charge in [0.15, 0.2) is 0 Å². The molecule has 2 nitrogen and oxygen atoms in total. The number of terminal acetylenes is 1. The quantitative estimate of drug-likeness (QED) is 0.349. The van der Waals surface area contributed by atoms with Crippen molar-refractivity contribution in [3.8, 4) is 18.4 Å². The average Bonchev–Trinajstić information content (AvgIpc) is 2.17. The Morgan fingerprint density at radius 1 is 1.33 bits per heavy atom. The first-order valence-electron chi connectivity index (χ1n) is 3.29. The Balaban J connectivity index is 3.04. The van der Waals surface area contributed by atoms with Crippen LogP contribution in [-0.2, 0) is 0 Å². The third-order valence-electron chi connectivity index (χ3n) is 1.41. The minimum Gasteiger partial charge on any atom is -0.279 e. The Hall–Kier alpha value is -2.06. The van der Waals surface area contributed by atoms with Gasteiger partial charge in [0.25, 0.3) is 0 Å². The van der Waals surface area contributed by atoms with Crippen molar-refractivity contribution in [1.29, 1.82) is 5.26 Å². The molecule has 0 aliphatic carbocycles. The highest BCUT2D eigenvalue weighted by molar-refractivity contribution is 6.08. The molecule has 56 valence electrons. The zero-order valence-corrected chi connectivity index (χ0v) is 6.24. The number of nitrogens with zero attached hydrogens (tertiary/aromatic N) is 1. The van der Waals surface area contributed by atoms with Crippen LogP contribution >= 0.6 is 0 Å². The van der Waals surface area contributed by atoms with Crippen LogP contribution in [0.1, 0.15) is 15.9 Å². The third-order valence-corrected chi connectivity index (χ3v) is 1.41. The number of Topliss-reactive ketones (excluding diaryl/α,β-unsaturated/α-hetero) is 1. The molecular weight excluding hydrogens is 150 g/mol. The standard InChI is InChI=1S/C10H5NO/c1-2-10(12)9-5-3-8(7-11)4-6-9/h1,3-6H. The van der Waals surface area contributed by atoms with Crippen LogP contribution in [0.4, 0.5) is 0 Å². The summed E-state index contributed by atoms with van der Waals surface area (Å²) >= 11 is 0. The molecule has 0 heterocycles. The molecule has 0 fully saturated rings. The predicted octanol–water partition coefficient (Wildman–Crippen LogP) is 1.37. The van der Waals surface area contributed by atoms with Crippen LogP contribution in [0.15, 0.2) is 24.3 Å². The molecular formula is C10H5NO. The third kappa shape index (κ3) is 1.51. The Labute approximate surface area is 70.4 Å². The van der Waals surface area contributed by atoms with E-state index >= 15 is 0 Å². The summed E-state index contributed by atoms with van der Waals surface area (Å²) in [5.41, 5.74) is 0.958. The molecule has 0 atom stereocenters. The molecule has 0 N–H and O–H groups in total. The van der Waals surface area contributed by atoms with E-state index in [0.29, 0.717) is 11.1 Å². The first-order chi connectivity index (χ1) is 5.77. The van der Waals surface area contributed by atoms with Gasteiger partial charge in [0.05, 0.1) is 11.6 Å². The van der Waals surface area contributed by atoms with Crippen LogP contribution in [0, 0.1) is 23.7 Å². The second-order valence-electron chi connectivity index (χ2n) is 2.16. The number of hydrogen-bond acceptors (Lipinski definition) is 2. The molecule has 1 rings (SSSR count). The smallest absolute Gasteiger partial charge is 0.235 e.